The molecule has 1 unspecified atom stereocenters. The van der Waals surface area contributed by atoms with Gasteiger partial charge in [0.2, 0.25) is 5.91 Å². The van der Waals surface area contributed by atoms with E-state index in [9.17, 15) is 9.59 Å². The van der Waals surface area contributed by atoms with Crippen molar-refractivity contribution in [3.8, 4) is 5.75 Å². The molecule has 2 aromatic rings. The Balaban J connectivity index is 0.000000385. The van der Waals surface area contributed by atoms with Crippen molar-refractivity contribution in [1.82, 2.24) is 20.0 Å². The van der Waals surface area contributed by atoms with Crippen molar-refractivity contribution in [2.45, 2.75) is 64.3 Å². The van der Waals surface area contributed by atoms with E-state index < -0.39 is 0 Å². The highest BCUT2D eigenvalue weighted by Crippen LogP contribution is 2.36. The summed E-state index contributed by atoms with van der Waals surface area (Å²) >= 11 is 17.7. The number of halogens is 3. The second kappa shape index (κ2) is 16.0. The van der Waals surface area contributed by atoms with Gasteiger partial charge in [0.25, 0.3) is 0 Å². The van der Waals surface area contributed by atoms with Crippen LogP contribution < -0.4 is 10.1 Å². The third-order valence-electron chi connectivity index (χ3n) is 8.43. The molecule has 3 aliphatic heterocycles. The number of nitrogens with zero attached hydrogens (tertiary/aromatic N) is 3. The maximum Gasteiger partial charge on any atom is 0.317 e. The molecule has 0 bridgehead atoms. The molecule has 7 nitrogen and oxygen atoms in total. The zero-order valence-electron chi connectivity index (χ0n) is 24.7. The van der Waals surface area contributed by atoms with Crippen LogP contribution in [0.25, 0.3) is 0 Å². The molecule has 3 heterocycles. The highest BCUT2D eigenvalue weighted by Gasteiger charge is 2.27. The number of nitrogens with one attached hydrogen (secondary N) is 1. The number of hydrogen-bond acceptors (Lipinski definition) is 4. The first kappa shape index (κ1) is 32.7. The summed E-state index contributed by atoms with van der Waals surface area (Å²) < 4.78 is 6.27. The summed E-state index contributed by atoms with van der Waals surface area (Å²) in [7, 11) is 0. The van der Waals surface area contributed by atoms with E-state index in [1.165, 1.54) is 18.4 Å². The highest BCUT2D eigenvalue weighted by atomic mass is 35.5. The van der Waals surface area contributed by atoms with E-state index in [2.05, 4.69) is 23.2 Å². The summed E-state index contributed by atoms with van der Waals surface area (Å²) in [5.41, 5.74) is 2.24. The zero-order valence-corrected chi connectivity index (χ0v) is 27.0. The predicted molar refractivity (Wildman–Crippen MR) is 171 cm³/mol. The summed E-state index contributed by atoms with van der Waals surface area (Å²) in [4.78, 5) is 30.9. The van der Waals surface area contributed by atoms with E-state index in [1.54, 1.807) is 11.0 Å². The number of carbonyl (C=O) groups is 2. The fourth-order valence-electron chi connectivity index (χ4n) is 5.77. The second-order valence-corrected chi connectivity index (χ2v) is 12.8. The van der Waals surface area contributed by atoms with E-state index >= 15 is 0 Å². The molecule has 0 aromatic heterocycles. The third kappa shape index (κ3) is 9.40. The molecule has 10 heteroatoms. The predicted octanol–water partition coefficient (Wildman–Crippen LogP) is 7.02. The smallest absolute Gasteiger partial charge is 0.317 e. The van der Waals surface area contributed by atoms with Gasteiger partial charge in [-0.15, -0.1) is 0 Å². The lowest BCUT2D eigenvalue weighted by Crippen LogP contribution is -2.46. The van der Waals surface area contributed by atoms with Crippen molar-refractivity contribution in [3.05, 3.63) is 62.6 Å². The Morgan fingerprint density at radius 1 is 0.881 bits per heavy atom. The molecule has 0 spiro atoms. The topological polar surface area (TPSA) is 65.1 Å². The molecule has 0 radical (unpaired) electrons. The zero-order chi connectivity index (χ0) is 30.1. The minimum Gasteiger partial charge on any atom is -0.492 e. The van der Waals surface area contributed by atoms with Crippen molar-refractivity contribution in [3.63, 3.8) is 0 Å². The normalized spacial score (nSPS) is 18.4. The molecular weight excluding hydrogens is 595 g/mol. The molecule has 0 saturated carbocycles. The Bertz CT molecular complexity index is 1190. The minimum atomic E-state index is -0.123. The number of likely N-dealkylation sites (tertiary alicyclic amines) is 3. The van der Waals surface area contributed by atoms with Crippen LogP contribution in [-0.2, 0) is 4.79 Å². The Kier molecular flexibility index (Phi) is 12.5. The fourth-order valence-corrected chi connectivity index (χ4v) is 6.34. The number of piperidine rings is 1. The van der Waals surface area contributed by atoms with Gasteiger partial charge in [-0.05, 0) is 107 Å². The van der Waals surface area contributed by atoms with Crippen LogP contribution in [0.1, 0.15) is 62.5 Å². The van der Waals surface area contributed by atoms with Crippen molar-refractivity contribution >= 4 is 46.7 Å². The SMILES string of the molecule is CC(COc1cc(Cl)ccc1C1CCN(C(=O)CNC(=O)N2CCCC2)CC1)N1CCCC1.Cc1ccc(Cl)cc1Cl. The number of carbonyl (C=O) groups excluding carboxylic acids is 2. The monoisotopic (exact) mass is 636 g/mol. The lowest BCUT2D eigenvalue weighted by atomic mass is 9.88. The van der Waals surface area contributed by atoms with Crippen LogP contribution in [-0.4, -0.2) is 85.1 Å². The maximum atomic E-state index is 12.6. The third-order valence-corrected chi connectivity index (χ3v) is 9.30. The van der Waals surface area contributed by atoms with Gasteiger partial charge in [0.1, 0.15) is 12.4 Å². The summed E-state index contributed by atoms with van der Waals surface area (Å²) in [6, 6.07) is 11.7. The number of rotatable bonds is 7. The quantitative estimate of drug-likeness (QED) is 0.355. The maximum absolute atomic E-state index is 12.6. The number of hydrogen-bond donors (Lipinski definition) is 1. The molecule has 0 aliphatic carbocycles. The Labute approximate surface area is 265 Å². The summed E-state index contributed by atoms with van der Waals surface area (Å²) in [5, 5.41) is 4.88. The van der Waals surface area contributed by atoms with Gasteiger partial charge in [-0.2, -0.15) is 0 Å². The molecule has 42 heavy (non-hydrogen) atoms. The Morgan fingerprint density at radius 2 is 1.50 bits per heavy atom. The van der Waals surface area contributed by atoms with Crippen LogP contribution in [0.15, 0.2) is 36.4 Å². The first-order valence-corrected chi connectivity index (χ1v) is 16.2. The fraction of sp³-hybridized carbons (Fsp3) is 0.562. The van der Waals surface area contributed by atoms with Crippen LogP contribution in [0.3, 0.4) is 0 Å². The van der Waals surface area contributed by atoms with E-state index in [0.29, 0.717) is 41.7 Å². The van der Waals surface area contributed by atoms with Gasteiger partial charge in [-0.25, -0.2) is 4.79 Å². The lowest BCUT2D eigenvalue weighted by Gasteiger charge is -2.33. The van der Waals surface area contributed by atoms with Gasteiger partial charge in [0, 0.05) is 47.3 Å². The first-order valence-electron chi connectivity index (χ1n) is 15.1. The van der Waals surface area contributed by atoms with Gasteiger partial charge in [0.05, 0.1) is 6.54 Å². The number of aryl methyl sites for hydroxylation is 1. The molecule has 1 N–H and O–H groups in total. The largest absolute Gasteiger partial charge is 0.492 e. The average molecular weight is 638 g/mol. The van der Waals surface area contributed by atoms with Crippen molar-refractivity contribution in [2.24, 2.45) is 0 Å². The van der Waals surface area contributed by atoms with E-state index in [4.69, 9.17) is 39.5 Å². The van der Waals surface area contributed by atoms with Gasteiger partial charge in [-0.3, -0.25) is 9.69 Å². The number of benzene rings is 2. The molecule has 3 saturated heterocycles. The molecule has 1 atom stereocenters. The van der Waals surface area contributed by atoms with Crippen LogP contribution >= 0.6 is 34.8 Å². The summed E-state index contributed by atoms with van der Waals surface area (Å²) in [6.45, 7) is 10.1. The summed E-state index contributed by atoms with van der Waals surface area (Å²) in [6.07, 6.45) is 6.39. The van der Waals surface area contributed by atoms with Crippen molar-refractivity contribution in [2.75, 3.05) is 52.4 Å². The molecule has 3 aliphatic rings. The number of urea groups is 1. The van der Waals surface area contributed by atoms with Gasteiger partial charge in [0.15, 0.2) is 0 Å². The van der Waals surface area contributed by atoms with E-state index in [-0.39, 0.29) is 18.5 Å². The van der Waals surface area contributed by atoms with Crippen LogP contribution in [0.2, 0.25) is 15.1 Å². The summed E-state index contributed by atoms with van der Waals surface area (Å²) in [5.74, 6) is 1.20. The lowest BCUT2D eigenvalue weighted by molar-refractivity contribution is -0.131. The molecule has 230 valence electrons. The van der Waals surface area contributed by atoms with Crippen LogP contribution in [0.5, 0.6) is 5.75 Å². The van der Waals surface area contributed by atoms with Crippen molar-refractivity contribution in [1.29, 1.82) is 0 Å². The van der Waals surface area contributed by atoms with E-state index in [0.717, 1.165) is 68.2 Å². The Morgan fingerprint density at radius 3 is 2.14 bits per heavy atom. The van der Waals surface area contributed by atoms with Gasteiger partial charge >= 0.3 is 6.03 Å². The number of amides is 3. The molecular formula is C32H43Cl3N4O3. The van der Waals surface area contributed by atoms with E-state index in [1.807, 2.05) is 36.1 Å². The first-order chi connectivity index (χ1) is 20.2. The highest BCUT2D eigenvalue weighted by molar-refractivity contribution is 6.35. The molecule has 3 fully saturated rings. The van der Waals surface area contributed by atoms with Crippen LogP contribution in [0, 0.1) is 6.92 Å². The molecule has 5 rings (SSSR count). The van der Waals surface area contributed by atoms with Gasteiger partial charge < -0.3 is 19.9 Å². The standard InChI is InChI=1S/C25H37ClN4O3.C7H6Cl2/c1-19(28-10-2-3-11-28)18-33-23-16-21(26)6-7-22(23)20-8-14-29(15-9-20)24(31)17-27-25(32)30-12-4-5-13-30;1-5-2-3-6(8)4-7(5)9/h6-7,16,19-20H,2-5,8-15,17-18H2,1H3,(H,27,32);2-4H,1H3. The average Bonchev–Trinajstić information content (AvgIpc) is 3.73. The Hall–Kier alpha value is -2.19. The number of ether oxygens (including phenoxy) is 1. The second-order valence-electron chi connectivity index (χ2n) is 11.5. The van der Waals surface area contributed by atoms with Crippen molar-refractivity contribution < 1.29 is 14.3 Å². The minimum absolute atomic E-state index is 0.00647. The molecule has 3 amide bonds. The van der Waals surface area contributed by atoms with Crippen LogP contribution in [0.4, 0.5) is 4.79 Å². The molecule has 2 aromatic carbocycles. The van der Waals surface area contributed by atoms with Gasteiger partial charge in [-0.1, -0.05) is 46.9 Å².